The molecular weight excluding hydrogens is 202 g/mol. The number of hydrogen-bond donors (Lipinski definition) is 1. The van der Waals surface area contributed by atoms with Crippen LogP contribution in [0.1, 0.15) is 26.3 Å². The van der Waals surface area contributed by atoms with Crippen LogP contribution in [0.5, 0.6) is 11.5 Å². The molecule has 0 aliphatic heterocycles. The highest BCUT2D eigenvalue weighted by Crippen LogP contribution is 2.30. The first-order valence-electron chi connectivity index (χ1n) is 5.69. The van der Waals surface area contributed by atoms with Crippen molar-refractivity contribution in [3.63, 3.8) is 0 Å². The fourth-order valence-electron chi connectivity index (χ4n) is 1.74. The molecule has 0 amide bonds. The van der Waals surface area contributed by atoms with Gasteiger partial charge < -0.3 is 9.84 Å². The van der Waals surface area contributed by atoms with Gasteiger partial charge in [-0.3, -0.25) is 4.90 Å². The maximum absolute atomic E-state index is 9.96. The smallest absolute Gasteiger partial charge is 0.162 e. The highest BCUT2D eigenvalue weighted by molar-refractivity contribution is 5.45. The summed E-state index contributed by atoms with van der Waals surface area (Å²) in [7, 11) is 1.57. The van der Waals surface area contributed by atoms with Crippen molar-refractivity contribution in [2.24, 2.45) is 0 Å². The van der Waals surface area contributed by atoms with Crippen LogP contribution >= 0.6 is 0 Å². The largest absolute Gasteiger partial charge is 0.504 e. The Morgan fingerprint density at radius 3 is 2.56 bits per heavy atom. The minimum Gasteiger partial charge on any atom is -0.504 e. The Bertz CT molecular complexity index is 337. The third-order valence-electron chi connectivity index (χ3n) is 2.81. The van der Waals surface area contributed by atoms with Gasteiger partial charge in [-0.15, -0.1) is 0 Å². The molecule has 1 aromatic carbocycles. The lowest BCUT2D eigenvalue weighted by Crippen LogP contribution is -2.29. The Morgan fingerprint density at radius 1 is 1.38 bits per heavy atom. The second-order valence-corrected chi connectivity index (χ2v) is 4.12. The molecule has 0 aliphatic carbocycles. The summed E-state index contributed by atoms with van der Waals surface area (Å²) in [6.07, 6.45) is 0. The van der Waals surface area contributed by atoms with Crippen LogP contribution in [0.15, 0.2) is 18.2 Å². The summed E-state index contributed by atoms with van der Waals surface area (Å²) in [6, 6.07) is 6.07. The van der Waals surface area contributed by atoms with Crippen LogP contribution < -0.4 is 4.74 Å². The molecule has 0 radical (unpaired) electrons. The average Bonchev–Trinajstić information content (AvgIpc) is 2.27. The van der Waals surface area contributed by atoms with Crippen molar-refractivity contribution in [1.29, 1.82) is 0 Å². The van der Waals surface area contributed by atoms with Gasteiger partial charge in [-0.25, -0.2) is 0 Å². The normalized spacial score (nSPS) is 11.1. The van der Waals surface area contributed by atoms with E-state index in [1.54, 1.807) is 13.2 Å². The summed E-state index contributed by atoms with van der Waals surface area (Å²) in [6.45, 7) is 8.14. The molecule has 0 spiro atoms. The van der Waals surface area contributed by atoms with E-state index in [0.29, 0.717) is 11.8 Å². The number of phenolic OH excluding ortho intramolecular Hbond substituents is 1. The molecule has 0 unspecified atom stereocenters. The highest BCUT2D eigenvalue weighted by Gasteiger charge is 2.12. The Balaban J connectivity index is 2.88. The van der Waals surface area contributed by atoms with Gasteiger partial charge in [0.15, 0.2) is 11.5 Å². The Morgan fingerprint density at radius 2 is 2.06 bits per heavy atom. The molecule has 0 saturated heterocycles. The van der Waals surface area contributed by atoms with Crippen LogP contribution in [-0.4, -0.2) is 29.7 Å². The molecule has 0 aromatic heterocycles. The first-order valence-corrected chi connectivity index (χ1v) is 5.69. The van der Waals surface area contributed by atoms with Gasteiger partial charge in [-0.05, 0) is 26.5 Å². The van der Waals surface area contributed by atoms with Crippen LogP contribution in [-0.2, 0) is 6.54 Å². The first-order chi connectivity index (χ1) is 7.60. The second kappa shape index (κ2) is 5.75. The van der Waals surface area contributed by atoms with Crippen molar-refractivity contribution < 1.29 is 9.84 Å². The molecule has 90 valence electrons. The fraction of sp³-hybridized carbons (Fsp3) is 0.538. The van der Waals surface area contributed by atoms with Crippen molar-refractivity contribution in [3.05, 3.63) is 23.8 Å². The molecule has 1 N–H and O–H groups in total. The van der Waals surface area contributed by atoms with Gasteiger partial charge >= 0.3 is 0 Å². The highest BCUT2D eigenvalue weighted by atomic mass is 16.5. The maximum Gasteiger partial charge on any atom is 0.162 e. The van der Waals surface area contributed by atoms with Gasteiger partial charge in [0.05, 0.1) is 7.11 Å². The molecule has 0 fully saturated rings. The van der Waals surface area contributed by atoms with Crippen LogP contribution in [0.25, 0.3) is 0 Å². The number of phenols is 1. The monoisotopic (exact) mass is 223 g/mol. The van der Waals surface area contributed by atoms with Gasteiger partial charge in [-0.2, -0.15) is 0 Å². The number of rotatable bonds is 5. The zero-order valence-corrected chi connectivity index (χ0v) is 10.5. The van der Waals surface area contributed by atoms with Crippen LogP contribution in [0, 0.1) is 0 Å². The number of methoxy groups -OCH3 is 1. The number of hydrogen-bond acceptors (Lipinski definition) is 3. The van der Waals surface area contributed by atoms with E-state index in [-0.39, 0.29) is 5.75 Å². The lowest BCUT2D eigenvalue weighted by molar-refractivity contribution is 0.221. The number of nitrogens with zero attached hydrogens (tertiary/aromatic N) is 1. The average molecular weight is 223 g/mol. The SMILES string of the molecule is CCN(Cc1cccc(OC)c1O)C(C)C. The lowest BCUT2D eigenvalue weighted by Gasteiger charge is -2.25. The zero-order valence-electron chi connectivity index (χ0n) is 10.5. The predicted octanol–water partition coefficient (Wildman–Crippen LogP) is 2.63. The summed E-state index contributed by atoms with van der Waals surface area (Å²) in [5.74, 6) is 0.793. The van der Waals surface area contributed by atoms with E-state index in [9.17, 15) is 5.11 Å². The molecule has 0 heterocycles. The molecule has 1 aromatic rings. The quantitative estimate of drug-likeness (QED) is 0.833. The molecule has 3 heteroatoms. The van der Waals surface area contributed by atoms with Crippen LogP contribution in [0.3, 0.4) is 0 Å². The fourth-order valence-corrected chi connectivity index (χ4v) is 1.74. The first kappa shape index (κ1) is 12.8. The molecule has 16 heavy (non-hydrogen) atoms. The molecule has 0 atom stereocenters. The summed E-state index contributed by atoms with van der Waals surface area (Å²) in [5, 5.41) is 9.96. The van der Waals surface area contributed by atoms with Gasteiger partial charge in [-0.1, -0.05) is 19.1 Å². The van der Waals surface area contributed by atoms with Gasteiger partial charge in [0.2, 0.25) is 0 Å². The van der Waals surface area contributed by atoms with Crippen molar-refractivity contribution in [1.82, 2.24) is 4.90 Å². The predicted molar refractivity (Wildman–Crippen MR) is 65.9 cm³/mol. The minimum absolute atomic E-state index is 0.254. The summed E-state index contributed by atoms with van der Waals surface area (Å²) < 4.78 is 5.09. The Labute approximate surface area is 97.7 Å². The van der Waals surface area contributed by atoms with Crippen LogP contribution in [0.2, 0.25) is 0 Å². The molecule has 1 rings (SSSR count). The van der Waals surface area contributed by atoms with Gasteiger partial charge in [0.25, 0.3) is 0 Å². The van der Waals surface area contributed by atoms with Crippen LogP contribution in [0.4, 0.5) is 0 Å². The Hall–Kier alpha value is -1.22. The minimum atomic E-state index is 0.254. The Kier molecular flexibility index (Phi) is 4.62. The zero-order chi connectivity index (χ0) is 12.1. The summed E-state index contributed by atoms with van der Waals surface area (Å²) in [5.41, 5.74) is 0.912. The summed E-state index contributed by atoms with van der Waals surface area (Å²) in [4.78, 5) is 2.29. The van der Waals surface area contributed by atoms with Crippen molar-refractivity contribution in [2.45, 2.75) is 33.4 Å². The number of ether oxygens (including phenoxy) is 1. The second-order valence-electron chi connectivity index (χ2n) is 4.12. The van der Waals surface area contributed by atoms with E-state index in [0.717, 1.165) is 18.7 Å². The van der Waals surface area contributed by atoms with E-state index in [2.05, 4.69) is 25.7 Å². The third-order valence-corrected chi connectivity index (χ3v) is 2.81. The maximum atomic E-state index is 9.96. The van der Waals surface area contributed by atoms with E-state index < -0.39 is 0 Å². The number of aromatic hydroxyl groups is 1. The van der Waals surface area contributed by atoms with Gasteiger partial charge in [0.1, 0.15) is 0 Å². The molecule has 3 nitrogen and oxygen atoms in total. The standard InChI is InChI=1S/C13H21NO2/c1-5-14(10(2)3)9-11-7-6-8-12(16-4)13(11)15/h6-8,10,15H,5,9H2,1-4H3. The molecular formula is C13H21NO2. The van der Waals surface area contributed by atoms with E-state index in [1.807, 2.05) is 12.1 Å². The summed E-state index contributed by atoms with van der Waals surface area (Å²) >= 11 is 0. The van der Waals surface area contributed by atoms with E-state index in [1.165, 1.54) is 0 Å². The molecule has 0 aliphatic rings. The van der Waals surface area contributed by atoms with Crippen molar-refractivity contribution in [3.8, 4) is 11.5 Å². The van der Waals surface area contributed by atoms with Crippen molar-refractivity contribution in [2.75, 3.05) is 13.7 Å². The van der Waals surface area contributed by atoms with E-state index >= 15 is 0 Å². The number of benzene rings is 1. The van der Waals surface area contributed by atoms with Crippen molar-refractivity contribution >= 4 is 0 Å². The lowest BCUT2D eigenvalue weighted by atomic mass is 10.1. The molecule has 0 bridgehead atoms. The molecule has 0 saturated carbocycles. The topological polar surface area (TPSA) is 32.7 Å². The van der Waals surface area contributed by atoms with E-state index in [4.69, 9.17) is 4.74 Å². The van der Waals surface area contributed by atoms with Gasteiger partial charge in [0, 0.05) is 18.2 Å². The third kappa shape index (κ3) is 2.89. The number of para-hydroxylation sites is 1.